The van der Waals surface area contributed by atoms with Crippen LogP contribution in [0, 0.1) is 5.41 Å². The third-order valence-corrected chi connectivity index (χ3v) is 5.02. The Kier molecular flexibility index (Phi) is 3.44. The number of nitrogen functional groups attached to an aromatic ring is 1. The number of rotatable bonds is 2. The Morgan fingerprint density at radius 2 is 1.87 bits per heavy atom. The predicted octanol–water partition coefficient (Wildman–Crippen LogP) is 4.82. The summed E-state index contributed by atoms with van der Waals surface area (Å²) in [5.74, 6) is 0.845. The van der Waals surface area contributed by atoms with Crippen LogP contribution in [0.25, 0.3) is 21.6 Å². The Morgan fingerprint density at radius 1 is 1.09 bits per heavy atom. The van der Waals surface area contributed by atoms with Crippen LogP contribution in [0.3, 0.4) is 0 Å². The lowest BCUT2D eigenvalue weighted by molar-refractivity contribution is -0.224. The molecule has 120 valence electrons. The van der Waals surface area contributed by atoms with Crippen molar-refractivity contribution in [1.82, 2.24) is 0 Å². The first-order chi connectivity index (χ1) is 11.0. The van der Waals surface area contributed by atoms with E-state index in [0.29, 0.717) is 18.9 Å². The van der Waals surface area contributed by atoms with Crippen molar-refractivity contribution in [3.05, 3.63) is 41.3 Å². The summed E-state index contributed by atoms with van der Waals surface area (Å²) in [4.78, 5) is 2.13. The summed E-state index contributed by atoms with van der Waals surface area (Å²) >= 11 is 1.64. The van der Waals surface area contributed by atoms with Crippen LogP contribution in [0.1, 0.15) is 25.0 Å². The van der Waals surface area contributed by atoms with Crippen molar-refractivity contribution in [2.45, 2.75) is 20.1 Å². The largest absolute Gasteiger partial charge is 0.455 e. The highest BCUT2D eigenvalue weighted by molar-refractivity contribution is 7.15. The molecule has 23 heavy (non-hydrogen) atoms. The van der Waals surface area contributed by atoms with Crippen LogP contribution in [0.5, 0.6) is 0 Å². The first-order valence-corrected chi connectivity index (χ1v) is 8.44. The minimum absolute atomic E-state index is 0.0786. The van der Waals surface area contributed by atoms with Crippen LogP contribution < -0.4 is 5.73 Å². The smallest absolute Gasteiger partial charge is 0.193 e. The summed E-state index contributed by atoms with van der Waals surface area (Å²) in [5, 5.41) is 1.05. The lowest BCUT2D eigenvalue weighted by Crippen LogP contribution is -2.33. The Morgan fingerprint density at radius 3 is 2.65 bits per heavy atom. The van der Waals surface area contributed by atoms with Gasteiger partial charge >= 0.3 is 0 Å². The van der Waals surface area contributed by atoms with Crippen molar-refractivity contribution in [1.29, 1.82) is 0 Å². The molecule has 3 heterocycles. The van der Waals surface area contributed by atoms with Gasteiger partial charge in [-0.3, -0.25) is 0 Å². The molecule has 0 bridgehead atoms. The number of nitrogens with two attached hydrogens (primary N) is 1. The molecule has 5 heteroatoms. The number of thiophene rings is 1. The Hall–Kier alpha value is -1.82. The lowest BCUT2D eigenvalue weighted by Gasteiger charge is -2.34. The van der Waals surface area contributed by atoms with Gasteiger partial charge in [0.1, 0.15) is 11.3 Å². The second kappa shape index (κ2) is 5.37. The zero-order chi connectivity index (χ0) is 16.0. The minimum atomic E-state index is -0.276. The van der Waals surface area contributed by atoms with Crippen molar-refractivity contribution >= 4 is 28.0 Å². The van der Waals surface area contributed by atoms with E-state index in [2.05, 4.69) is 13.8 Å². The van der Waals surface area contributed by atoms with Crippen LogP contribution in [0.4, 0.5) is 5.69 Å². The SMILES string of the molecule is CC1(C)COC(c2ccc(-c3cc4ccc(N)cc4o3)s2)OC1. The summed E-state index contributed by atoms with van der Waals surface area (Å²) in [6, 6.07) is 11.8. The van der Waals surface area contributed by atoms with Crippen molar-refractivity contribution in [2.24, 2.45) is 5.41 Å². The second-order valence-corrected chi connectivity index (χ2v) is 7.84. The lowest BCUT2D eigenvalue weighted by atomic mass is 9.96. The number of hydrogen-bond donors (Lipinski definition) is 1. The van der Waals surface area contributed by atoms with Gasteiger partial charge in [0.15, 0.2) is 6.29 Å². The average molecular weight is 329 g/mol. The first kappa shape index (κ1) is 14.8. The number of benzene rings is 1. The molecule has 3 aromatic rings. The van der Waals surface area contributed by atoms with Gasteiger partial charge in [0.05, 0.1) is 23.0 Å². The summed E-state index contributed by atoms with van der Waals surface area (Å²) in [7, 11) is 0. The topological polar surface area (TPSA) is 57.6 Å². The van der Waals surface area contributed by atoms with Crippen molar-refractivity contribution in [2.75, 3.05) is 18.9 Å². The Labute approximate surface area is 138 Å². The van der Waals surface area contributed by atoms with E-state index in [1.54, 1.807) is 11.3 Å². The number of furan rings is 1. The fraction of sp³-hybridized carbons (Fsp3) is 0.333. The van der Waals surface area contributed by atoms with E-state index in [4.69, 9.17) is 19.6 Å². The molecule has 1 saturated heterocycles. The Balaban J connectivity index is 1.59. The zero-order valence-electron chi connectivity index (χ0n) is 13.2. The highest BCUT2D eigenvalue weighted by Gasteiger charge is 2.30. The number of ether oxygens (including phenoxy) is 2. The van der Waals surface area contributed by atoms with E-state index in [9.17, 15) is 0 Å². The van der Waals surface area contributed by atoms with Gasteiger partial charge in [-0.2, -0.15) is 0 Å². The molecule has 1 aliphatic heterocycles. The molecule has 1 fully saturated rings. The molecule has 1 aromatic carbocycles. The third kappa shape index (κ3) is 2.87. The summed E-state index contributed by atoms with van der Waals surface area (Å²) in [6.07, 6.45) is -0.276. The van der Waals surface area contributed by atoms with E-state index in [1.807, 2.05) is 36.4 Å². The normalized spacial score (nSPS) is 18.5. The highest BCUT2D eigenvalue weighted by Crippen LogP contribution is 2.39. The van der Waals surface area contributed by atoms with E-state index in [-0.39, 0.29) is 11.7 Å². The summed E-state index contributed by atoms with van der Waals surface area (Å²) in [5.41, 5.74) is 7.40. The van der Waals surface area contributed by atoms with E-state index in [1.165, 1.54) is 0 Å². The van der Waals surface area contributed by atoms with Crippen LogP contribution in [0.15, 0.2) is 40.8 Å². The maximum absolute atomic E-state index is 5.92. The molecular formula is C18H19NO3S. The van der Waals surface area contributed by atoms with Gasteiger partial charge in [-0.1, -0.05) is 13.8 Å². The van der Waals surface area contributed by atoms with Gasteiger partial charge in [0, 0.05) is 22.6 Å². The maximum atomic E-state index is 5.92. The van der Waals surface area contributed by atoms with Crippen LogP contribution in [0.2, 0.25) is 0 Å². The molecule has 0 amide bonds. The third-order valence-electron chi connectivity index (χ3n) is 3.90. The van der Waals surface area contributed by atoms with E-state index >= 15 is 0 Å². The highest BCUT2D eigenvalue weighted by atomic mass is 32.1. The summed E-state index contributed by atoms with van der Waals surface area (Å²) in [6.45, 7) is 5.69. The number of hydrogen-bond acceptors (Lipinski definition) is 5. The molecule has 1 aliphatic rings. The molecule has 2 aromatic heterocycles. The van der Waals surface area contributed by atoms with Gasteiger partial charge in [-0.25, -0.2) is 0 Å². The first-order valence-electron chi connectivity index (χ1n) is 7.63. The van der Waals surface area contributed by atoms with Crippen LogP contribution in [-0.4, -0.2) is 13.2 Å². The van der Waals surface area contributed by atoms with Crippen LogP contribution in [-0.2, 0) is 9.47 Å². The molecule has 0 unspecified atom stereocenters. The number of fused-ring (bicyclic) bond motifs is 1. The van der Waals surface area contributed by atoms with Gasteiger partial charge in [0.25, 0.3) is 0 Å². The van der Waals surface area contributed by atoms with Crippen LogP contribution >= 0.6 is 11.3 Å². The molecule has 0 radical (unpaired) electrons. The molecule has 4 nitrogen and oxygen atoms in total. The molecule has 0 atom stereocenters. The quantitative estimate of drug-likeness (QED) is 0.685. The van der Waals surface area contributed by atoms with Gasteiger partial charge in [0.2, 0.25) is 0 Å². The Bertz CT molecular complexity index is 839. The minimum Gasteiger partial charge on any atom is -0.455 e. The molecular weight excluding hydrogens is 310 g/mol. The van der Waals surface area contributed by atoms with Gasteiger partial charge in [-0.15, -0.1) is 11.3 Å². The molecule has 0 spiro atoms. The second-order valence-electron chi connectivity index (χ2n) is 6.73. The predicted molar refractivity (Wildman–Crippen MR) is 92.4 cm³/mol. The van der Waals surface area contributed by atoms with Crippen molar-refractivity contribution in [3.63, 3.8) is 0 Å². The molecule has 4 rings (SSSR count). The molecule has 2 N–H and O–H groups in total. The average Bonchev–Trinajstić information content (AvgIpc) is 3.12. The fourth-order valence-electron chi connectivity index (χ4n) is 2.64. The molecule has 0 saturated carbocycles. The monoisotopic (exact) mass is 329 g/mol. The van der Waals surface area contributed by atoms with Gasteiger partial charge in [-0.05, 0) is 30.3 Å². The summed E-state index contributed by atoms with van der Waals surface area (Å²) < 4.78 is 17.6. The number of anilines is 1. The molecule has 0 aliphatic carbocycles. The van der Waals surface area contributed by atoms with E-state index in [0.717, 1.165) is 26.5 Å². The fourth-order valence-corrected chi connectivity index (χ4v) is 3.60. The zero-order valence-corrected chi connectivity index (χ0v) is 14.0. The maximum Gasteiger partial charge on any atom is 0.193 e. The van der Waals surface area contributed by atoms with Gasteiger partial charge < -0.3 is 19.6 Å². The van der Waals surface area contributed by atoms with Crippen molar-refractivity contribution in [3.8, 4) is 10.6 Å². The van der Waals surface area contributed by atoms with Crippen molar-refractivity contribution < 1.29 is 13.9 Å². The standard InChI is InChI=1S/C18H19NO3S/c1-18(2)9-20-17(21-10-18)16-6-5-15(23-16)14-7-11-3-4-12(19)8-13(11)22-14/h3-8,17H,9-10,19H2,1-2H3. The van der Waals surface area contributed by atoms with E-state index < -0.39 is 0 Å².